The third-order valence-electron chi connectivity index (χ3n) is 8.55. The smallest absolute Gasteiger partial charge is 0.0688 e. The monoisotopic (exact) mass is 446 g/mol. The van der Waals surface area contributed by atoms with E-state index in [1.165, 1.54) is 84.0 Å². The fourth-order valence-electron chi connectivity index (χ4n) is 7.17. The average molecular weight is 447 g/mol. The van der Waals surface area contributed by atoms with Crippen molar-refractivity contribution in [2.45, 2.75) is 25.7 Å². The Kier molecular flexibility index (Phi) is 3.27. The first-order chi connectivity index (χ1) is 17.3. The van der Waals surface area contributed by atoms with E-state index in [4.69, 9.17) is 4.98 Å². The first kappa shape index (κ1) is 18.2. The van der Waals surface area contributed by atoms with Crippen molar-refractivity contribution in [3.05, 3.63) is 130 Å². The molecule has 0 saturated heterocycles. The number of fused-ring (bicyclic) bond motifs is 12. The van der Waals surface area contributed by atoms with E-state index in [2.05, 4.69) is 83.8 Å². The molecule has 4 aromatic carbocycles. The summed E-state index contributed by atoms with van der Waals surface area (Å²) in [6.07, 6.45) is 5.89. The molecule has 0 saturated carbocycles. The Bertz CT molecular complexity index is 1760. The van der Waals surface area contributed by atoms with Gasteiger partial charge in [0, 0.05) is 19.0 Å². The van der Waals surface area contributed by atoms with Crippen LogP contribution in [0, 0.1) is 0 Å². The average Bonchev–Trinajstić information content (AvgIpc) is 3.46. The summed E-state index contributed by atoms with van der Waals surface area (Å²) in [5.74, 6) is 0. The van der Waals surface area contributed by atoms with E-state index >= 15 is 0 Å². The molecule has 164 valence electrons. The van der Waals surface area contributed by atoms with Gasteiger partial charge in [0.25, 0.3) is 0 Å². The lowest BCUT2D eigenvalue weighted by Gasteiger charge is -2.39. The number of aromatic nitrogens is 1. The van der Waals surface area contributed by atoms with Crippen LogP contribution in [0.2, 0.25) is 0 Å². The Balaban J connectivity index is 1.36. The molecule has 5 aromatic rings. The zero-order chi connectivity index (χ0) is 22.7. The van der Waals surface area contributed by atoms with Crippen molar-refractivity contribution in [2.75, 3.05) is 4.90 Å². The minimum Gasteiger partial charge on any atom is -0.308 e. The van der Waals surface area contributed by atoms with E-state index in [0.717, 1.165) is 25.7 Å². The molecular weight excluding hydrogens is 424 g/mol. The second-order valence-corrected chi connectivity index (χ2v) is 10.3. The summed E-state index contributed by atoms with van der Waals surface area (Å²) < 4.78 is 0. The largest absolute Gasteiger partial charge is 0.308 e. The van der Waals surface area contributed by atoms with Crippen molar-refractivity contribution in [1.82, 2.24) is 4.98 Å². The van der Waals surface area contributed by atoms with Crippen molar-refractivity contribution >= 4 is 17.1 Å². The second-order valence-electron chi connectivity index (χ2n) is 10.3. The summed E-state index contributed by atoms with van der Waals surface area (Å²) in [6.45, 7) is 0. The maximum Gasteiger partial charge on any atom is 0.0688 e. The number of hydrogen-bond acceptors (Lipinski definition) is 2. The van der Waals surface area contributed by atoms with E-state index in [1.807, 2.05) is 6.20 Å². The minimum atomic E-state index is 0.906. The topological polar surface area (TPSA) is 16.1 Å². The van der Waals surface area contributed by atoms with E-state index in [-0.39, 0.29) is 0 Å². The zero-order valence-electron chi connectivity index (χ0n) is 19.3. The highest BCUT2D eigenvalue weighted by Crippen LogP contribution is 2.56. The van der Waals surface area contributed by atoms with Crippen LogP contribution in [0.4, 0.5) is 17.1 Å². The lowest BCUT2D eigenvalue weighted by Crippen LogP contribution is -2.25. The van der Waals surface area contributed by atoms with Crippen LogP contribution in [0.5, 0.6) is 0 Å². The number of pyridine rings is 1. The number of rotatable bonds is 0. The summed E-state index contributed by atoms with van der Waals surface area (Å²) in [6, 6.07) is 29.7. The lowest BCUT2D eigenvalue weighted by molar-refractivity contribution is 0.971. The molecule has 2 nitrogen and oxygen atoms in total. The maximum atomic E-state index is 4.78. The molecule has 0 fully saturated rings. The van der Waals surface area contributed by atoms with Gasteiger partial charge in [0.15, 0.2) is 0 Å². The highest BCUT2D eigenvalue weighted by molar-refractivity contribution is 6.00. The van der Waals surface area contributed by atoms with Gasteiger partial charge >= 0.3 is 0 Å². The Labute approximate surface area is 204 Å². The Morgan fingerprint density at radius 3 is 2.20 bits per heavy atom. The minimum absolute atomic E-state index is 0.906. The molecule has 2 aliphatic carbocycles. The van der Waals surface area contributed by atoms with Gasteiger partial charge < -0.3 is 4.90 Å². The standard InChI is InChI=1S/C33H22N2/c1-2-8-25-19(5-1)15-20-10-11-22-16-21-12-13-28-26(31(21)32(22)30(20)25)17-23-6-3-7-24-18-27-29(9-4-14-34-27)35(28)33(23)24/h1-14H,15-18H2. The van der Waals surface area contributed by atoms with Crippen LogP contribution in [0.15, 0.2) is 85.1 Å². The number of nitrogens with zero attached hydrogens (tertiary/aromatic N) is 2. The van der Waals surface area contributed by atoms with Gasteiger partial charge in [0.2, 0.25) is 0 Å². The van der Waals surface area contributed by atoms with Crippen LogP contribution >= 0.6 is 0 Å². The molecule has 4 aliphatic rings. The van der Waals surface area contributed by atoms with Crippen LogP contribution in [0.3, 0.4) is 0 Å². The summed E-state index contributed by atoms with van der Waals surface area (Å²) >= 11 is 0. The summed E-state index contributed by atoms with van der Waals surface area (Å²) in [5.41, 5.74) is 21.1. The van der Waals surface area contributed by atoms with Gasteiger partial charge in [-0.25, -0.2) is 0 Å². The van der Waals surface area contributed by atoms with E-state index in [1.54, 1.807) is 0 Å². The van der Waals surface area contributed by atoms with E-state index in [0.29, 0.717) is 0 Å². The molecule has 1 aromatic heterocycles. The van der Waals surface area contributed by atoms with Crippen molar-refractivity contribution < 1.29 is 0 Å². The van der Waals surface area contributed by atoms with Gasteiger partial charge in [0.05, 0.1) is 22.8 Å². The van der Waals surface area contributed by atoms with Gasteiger partial charge in [-0.05, 0) is 92.2 Å². The molecule has 9 rings (SSSR count). The number of hydrogen-bond donors (Lipinski definition) is 0. The maximum absolute atomic E-state index is 4.78. The van der Waals surface area contributed by atoms with E-state index in [9.17, 15) is 0 Å². The molecular formula is C33H22N2. The Hall–Kier alpha value is -4.17. The number of benzene rings is 4. The summed E-state index contributed by atoms with van der Waals surface area (Å²) in [7, 11) is 0. The highest BCUT2D eigenvalue weighted by atomic mass is 15.2. The predicted molar refractivity (Wildman–Crippen MR) is 141 cm³/mol. The lowest BCUT2D eigenvalue weighted by atomic mass is 9.83. The Morgan fingerprint density at radius 2 is 1.26 bits per heavy atom. The van der Waals surface area contributed by atoms with Gasteiger partial charge in [0.1, 0.15) is 0 Å². The van der Waals surface area contributed by atoms with Gasteiger partial charge in [-0.1, -0.05) is 60.7 Å². The van der Waals surface area contributed by atoms with Gasteiger partial charge in [-0.2, -0.15) is 0 Å². The van der Waals surface area contributed by atoms with Crippen LogP contribution in [0.25, 0.3) is 22.3 Å². The molecule has 0 bridgehead atoms. The molecule has 3 heterocycles. The third kappa shape index (κ3) is 2.23. The number of anilines is 3. The molecule has 0 unspecified atom stereocenters. The van der Waals surface area contributed by atoms with Crippen LogP contribution in [-0.2, 0) is 25.7 Å². The van der Waals surface area contributed by atoms with Crippen molar-refractivity contribution in [3.8, 4) is 22.3 Å². The highest BCUT2D eigenvalue weighted by Gasteiger charge is 2.36. The van der Waals surface area contributed by atoms with Gasteiger partial charge in [-0.15, -0.1) is 0 Å². The fraction of sp³-hybridized carbons (Fsp3) is 0.121. The molecule has 2 aliphatic heterocycles. The molecule has 0 N–H and O–H groups in total. The van der Waals surface area contributed by atoms with Crippen molar-refractivity contribution in [3.63, 3.8) is 0 Å². The zero-order valence-corrected chi connectivity index (χ0v) is 19.3. The SMILES string of the molecule is c1ccc2c(c1)Cc1ccc3c(c1-2)-c1c(ccc2c1Cc1cccc4c1N2c1cccnc1C4)C3. The van der Waals surface area contributed by atoms with Crippen molar-refractivity contribution in [2.24, 2.45) is 0 Å². The third-order valence-corrected chi connectivity index (χ3v) is 8.55. The van der Waals surface area contributed by atoms with Crippen LogP contribution in [-0.4, -0.2) is 4.98 Å². The van der Waals surface area contributed by atoms with Crippen molar-refractivity contribution in [1.29, 1.82) is 0 Å². The molecule has 0 spiro atoms. The normalized spacial score (nSPS) is 14.9. The summed E-state index contributed by atoms with van der Waals surface area (Å²) in [5, 5.41) is 0. The Morgan fingerprint density at radius 1 is 0.514 bits per heavy atom. The second kappa shape index (κ2) is 6.28. The summed E-state index contributed by atoms with van der Waals surface area (Å²) in [4.78, 5) is 7.29. The first-order valence-electron chi connectivity index (χ1n) is 12.6. The first-order valence-corrected chi connectivity index (χ1v) is 12.6. The predicted octanol–water partition coefficient (Wildman–Crippen LogP) is 7.50. The quantitative estimate of drug-likeness (QED) is 0.240. The molecule has 0 amide bonds. The molecule has 2 heteroatoms. The van der Waals surface area contributed by atoms with E-state index < -0.39 is 0 Å². The number of para-hydroxylation sites is 1. The molecule has 0 atom stereocenters. The molecule has 0 radical (unpaired) electrons. The fourth-order valence-corrected chi connectivity index (χ4v) is 7.17. The van der Waals surface area contributed by atoms with Crippen LogP contribution in [0.1, 0.15) is 44.6 Å². The molecule has 35 heavy (non-hydrogen) atoms. The van der Waals surface area contributed by atoms with Crippen LogP contribution < -0.4 is 4.90 Å². The van der Waals surface area contributed by atoms with Gasteiger partial charge in [-0.3, -0.25) is 4.98 Å².